The highest BCUT2D eigenvalue weighted by molar-refractivity contribution is 6.32. The monoisotopic (exact) mass is 272 g/mol. The van der Waals surface area contributed by atoms with Gasteiger partial charge >= 0.3 is 5.97 Å². The van der Waals surface area contributed by atoms with Crippen LogP contribution in [0, 0.1) is 0 Å². The summed E-state index contributed by atoms with van der Waals surface area (Å²) in [6, 6.07) is 10.1. The number of benzene rings is 2. The van der Waals surface area contributed by atoms with Gasteiger partial charge in [-0.3, -0.25) is 4.79 Å². The third kappa shape index (κ3) is 1.74. The number of ether oxygens (including phenoxy) is 1. The Kier molecular flexibility index (Phi) is 2.64. The first-order chi connectivity index (χ1) is 9.11. The van der Waals surface area contributed by atoms with E-state index in [1.807, 2.05) is 0 Å². The maximum absolute atomic E-state index is 12.2. The number of carbonyl (C=O) groups excluding carboxylic acids is 2. The van der Waals surface area contributed by atoms with Gasteiger partial charge in [-0.15, -0.1) is 0 Å². The second-order valence-corrected chi connectivity index (χ2v) is 4.71. The Balaban J connectivity index is 2.22. The lowest BCUT2D eigenvalue weighted by molar-refractivity contribution is 0.0600. The van der Waals surface area contributed by atoms with E-state index in [9.17, 15) is 9.59 Å². The van der Waals surface area contributed by atoms with Crippen LogP contribution in [0.25, 0.3) is 11.1 Å². The van der Waals surface area contributed by atoms with Crippen molar-refractivity contribution in [3.8, 4) is 11.1 Å². The van der Waals surface area contributed by atoms with Crippen LogP contribution in [0.2, 0.25) is 5.02 Å². The van der Waals surface area contributed by atoms with Gasteiger partial charge in [-0.05, 0) is 41.5 Å². The molecule has 2 aromatic carbocycles. The van der Waals surface area contributed by atoms with Gasteiger partial charge in [-0.25, -0.2) is 4.79 Å². The fourth-order valence-corrected chi connectivity index (χ4v) is 2.47. The molecule has 0 aliphatic heterocycles. The fraction of sp³-hybridized carbons (Fsp3) is 0.0667. The Morgan fingerprint density at radius 2 is 1.74 bits per heavy atom. The number of fused-ring (bicyclic) bond motifs is 3. The summed E-state index contributed by atoms with van der Waals surface area (Å²) < 4.78 is 4.68. The van der Waals surface area contributed by atoms with Gasteiger partial charge < -0.3 is 4.74 Å². The summed E-state index contributed by atoms with van der Waals surface area (Å²) in [7, 11) is 1.33. The molecule has 0 fully saturated rings. The molecule has 0 heterocycles. The maximum Gasteiger partial charge on any atom is 0.337 e. The van der Waals surface area contributed by atoms with Crippen molar-refractivity contribution in [1.82, 2.24) is 0 Å². The molecule has 0 atom stereocenters. The Morgan fingerprint density at radius 1 is 1.00 bits per heavy atom. The SMILES string of the molecule is COC(=O)c1ccc2c(c1)-c1ccc(Cl)cc1C2=O. The number of carbonyl (C=O) groups is 2. The van der Waals surface area contributed by atoms with Crippen LogP contribution in [0.1, 0.15) is 26.3 Å². The Labute approximate surface area is 114 Å². The number of methoxy groups -OCH3 is 1. The molecule has 0 N–H and O–H groups in total. The smallest absolute Gasteiger partial charge is 0.337 e. The number of esters is 1. The van der Waals surface area contributed by atoms with Gasteiger partial charge in [-0.2, -0.15) is 0 Å². The van der Waals surface area contributed by atoms with Crippen LogP contribution in [0.15, 0.2) is 36.4 Å². The zero-order valence-electron chi connectivity index (χ0n) is 10.1. The highest BCUT2D eigenvalue weighted by Gasteiger charge is 2.27. The molecular weight excluding hydrogens is 264 g/mol. The molecule has 1 aliphatic rings. The second-order valence-electron chi connectivity index (χ2n) is 4.27. The molecule has 3 nitrogen and oxygen atoms in total. The van der Waals surface area contributed by atoms with E-state index in [0.717, 1.165) is 11.1 Å². The predicted molar refractivity (Wildman–Crippen MR) is 71.7 cm³/mol. The minimum atomic E-state index is -0.419. The summed E-state index contributed by atoms with van der Waals surface area (Å²) in [5, 5.41) is 0.521. The molecule has 4 heteroatoms. The van der Waals surface area contributed by atoms with Crippen molar-refractivity contribution >= 4 is 23.4 Å². The van der Waals surface area contributed by atoms with Crippen LogP contribution in [0.5, 0.6) is 0 Å². The zero-order valence-corrected chi connectivity index (χ0v) is 10.8. The van der Waals surface area contributed by atoms with E-state index in [1.165, 1.54) is 7.11 Å². The molecule has 1 aliphatic carbocycles. The topological polar surface area (TPSA) is 43.4 Å². The van der Waals surface area contributed by atoms with Gasteiger partial charge in [0, 0.05) is 16.1 Å². The molecule has 94 valence electrons. The average Bonchev–Trinajstić information content (AvgIpc) is 2.70. The predicted octanol–water partition coefficient (Wildman–Crippen LogP) is 3.34. The molecule has 0 spiro atoms. The van der Waals surface area contributed by atoms with E-state index in [4.69, 9.17) is 11.6 Å². The highest BCUT2D eigenvalue weighted by atomic mass is 35.5. The lowest BCUT2D eigenvalue weighted by atomic mass is 10.0. The third-order valence-corrected chi connectivity index (χ3v) is 3.44. The normalized spacial score (nSPS) is 12.0. The van der Waals surface area contributed by atoms with Crippen molar-refractivity contribution in [3.63, 3.8) is 0 Å². The molecule has 0 aromatic heterocycles. The summed E-state index contributed by atoms with van der Waals surface area (Å²) in [5.74, 6) is -0.485. The van der Waals surface area contributed by atoms with Crippen molar-refractivity contribution in [2.45, 2.75) is 0 Å². The van der Waals surface area contributed by atoms with Crippen LogP contribution in [-0.4, -0.2) is 18.9 Å². The number of halogens is 1. The van der Waals surface area contributed by atoms with Crippen LogP contribution in [-0.2, 0) is 4.74 Å². The summed E-state index contributed by atoms with van der Waals surface area (Å²) in [6.07, 6.45) is 0. The molecule has 0 bridgehead atoms. The summed E-state index contributed by atoms with van der Waals surface area (Å²) in [4.78, 5) is 23.7. The van der Waals surface area contributed by atoms with E-state index in [2.05, 4.69) is 4.74 Å². The molecule has 0 saturated carbocycles. The Morgan fingerprint density at radius 3 is 2.47 bits per heavy atom. The molecule has 0 unspecified atom stereocenters. The van der Waals surface area contributed by atoms with E-state index >= 15 is 0 Å². The molecule has 2 aromatic rings. The fourth-order valence-electron chi connectivity index (χ4n) is 2.29. The van der Waals surface area contributed by atoms with Crippen molar-refractivity contribution < 1.29 is 14.3 Å². The summed E-state index contributed by atoms with van der Waals surface area (Å²) in [6.45, 7) is 0. The minimum absolute atomic E-state index is 0.0658. The van der Waals surface area contributed by atoms with Crippen molar-refractivity contribution in [2.75, 3.05) is 7.11 Å². The first-order valence-electron chi connectivity index (χ1n) is 5.69. The van der Waals surface area contributed by atoms with Crippen LogP contribution in [0.4, 0.5) is 0 Å². The van der Waals surface area contributed by atoms with Crippen LogP contribution < -0.4 is 0 Å². The number of ketones is 1. The van der Waals surface area contributed by atoms with E-state index < -0.39 is 5.97 Å². The van der Waals surface area contributed by atoms with Crippen LogP contribution in [0.3, 0.4) is 0 Å². The van der Waals surface area contributed by atoms with Crippen molar-refractivity contribution in [3.05, 3.63) is 58.1 Å². The van der Waals surface area contributed by atoms with Gasteiger partial charge in [0.2, 0.25) is 0 Å². The van der Waals surface area contributed by atoms with Gasteiger partial charge in [0.25, 0.3) is 0 Å². The van der Waals surface area contributed by atoms with Gasteiger partial charge in [0.1, 0.15) is 0 Å². The van der Waals surface area contributed by atoms with Crippen molar-refractivity contribution in [2.24, 2.45) is 0 Å². The molecular formula is C15H9ClO3. The van der Waals surface area contributed by atoms with Crippen LogP contribution >= 0.6 is 11.6 Å². The zero-order chi connectivity index (χ0) is 13.6. The van der Waals surface area contributed by atoms with Gasteiger partial charge in [0.05, 0.1) is 12.7 Å². The third-order valence-electron chi connectivity index (χ3n) is 3.20. The average molecular weight is 273 g/mol. The largest absolute Gasteiger partial charge is 0.465 e. The number of hydrogen-bond donors (Lipinski definition) is 0. The van der Waals surface area contributed by atoms with Gasteiger partial charge in [-0.1, -0.05) is 17.7 Å². The molecule has 0 radical (unpaired) electrons. The molecule has 3 rings (SSSR count). The standard InChI is InChI=1S/C15H9ClO3/c1-19-15(18)8-2-4-11-12(6-8)10-5-3-9(16)7-13(10)14(11)17/h2-7H,1H3. The summed E-state index contributed by atoms with van der Waals surface area (Å²) in [5.41, 5.74) is 3.14. The second kappa shape index (κ2) is 4.21. The molecule has 19 heavy (non-hydrogen) atoms. The highest BCUT2D eigenvalue weighted by Crippen LogP contribution is 2.38. The quantitative estimate of drug-likeness (QED) is 0.638. The number of hydrogen-bond acceptors (Lipinski definition) is 3. The first-order valence-corrected chi connectivity index (χ1v) is 6.06. The maximum atomic E-state index is 12.2. The lowest BCUT2D eigenvalue weighted by Crippen LogP contribution is -2.02. The van der Waals surface area contributed by atoms with Crippen molar-refractivity contribution in [1.29, 1.82) is 0 Å². The molecule has 0 saturated heterocycles. The Hall–Kier alpha value is -2.13. The van der Waals surface area contributed by atoms with E-state index in [1.54, 1.807) is 36.4 Å². The lowest BCUT2D eigenvalue weighted by Gasteiger charge is -2.03. The Bertz CT molecular complexity index is 719. The first kappa shape index (κ1) is 11.9. The molecule has 0 amide bonds. The van der Waals surface area contributed by atoms with Gasteiger partial charge in [0.15, 0.2) is 5.78 Å². The summed E-state index contributed by atoms with van der Waals surface area (Å²) >= 11 is 5.91. The van der Waals surface area contributed by atoms with E-state index in [0.29, 0.717) is 21.7 Å². The number of rotatable bonds is 1. The van der Waals surface area contributed by atoms with E-state index in [-0.39, 0.29) is 5.78 Å². The minimum Gasteiger partial charge on any atom is -0.465 e.